The normalized spacial score (nSPS) is 16.0. The molecule has 1 aliphatic rings. The molecule has 166 valence electrons. The molecular formula is C28H28N4O. The van der Waals surface area contributed by atoms with Crippen LogP contribution in [0.1, 0.15) is 51.6 Å². The van der Waals surface area contributed by atoms with Gasteiger partial charge in [-0.05, 0) is 48.2 Å². The first kappa shape index (κ1) is 21.1. The van der Waals surface area contributed by atoms with Crippen LogP contribution in [0.25, 0.3) is 0 Å². The Morgan fingerprint density at radius 2 is 1.79 bits per heavy atom. The van der Waals surface area contributed by atoms with Crippen LogP contribution in [0, 0.1) is 0 Å². The van der Waals surface area contributed by atoms with E-state index in [4.69, 9.17) is 4.98 Å². The van der Waals surface area contributed by atoms with Crippen LogP contribution >= 0.6 is 0 Å². The van der Waals surface area contributed by atoms with Gasteiger partial charge in [0.15, 0.2) is 0 Å². The second-order valence-corrected chi connectivity index (χ2v) is 8.67. The summed E-state index contributed by atoms with van der Waals surface area (Å²) < 4.78 is 1.85. The van der Waals surface area contributed by atoms with E-state index in [1.54, 1.807) is 6.20 Å². The molecule has 33 heavy (non-hydrogen) atoms. The number of carbonyl (C=O) groups is 1. The Kier molecular flexibility index (Phi) is 6.29. The highest BCUT2D eigenvalue weighted by molar-refractivity contribution is 5.95. The maximum absolute atomic E-state index is 13.5. The summed E-state index contributed by atoms with van der Waals surface area (Å²) in [6.45, 7) is 2.08. The number of rotatable bonds is 6. The van der Waals surface area contributed by atoms with Crippen LogP contribution in [-0.4, -0.2) is 38.7 Å². The van der Waals surface area contributed by atoms with Crippen molar-refractivity contribution in [2.24, 2.45) is 0 Å². The highest BCUT2D eigenvalue weighted by atomic mass is 16.2. The number of carbonyl (C=O) groups excluding carboxylic acids is 1. The van der Waals surface area contributed by atoms with Gasteiger partial charge in [-0.2, -0.15) is 5.10 Å². The van der Waals surface area contributed by atoms with Gasteiger partial charge in [0, 0.05) is 54.8 Å². The number of pyridine rings is 1. The van der Waals surface area contributed by atoms with Crippen LogP contribution in [0.2, 0.25) is 0 Å². The van der Waals surface area contributed by atoms with Crippen molar-refractivity contribution in [3.8, 4) is 0 Å². The SMILES string of the molecule is O=C(c1ccccc1Cn1cccn1)N1CCC[C@@H](c2cccc(Cc3ccccc3)n2)C1. The average Bonchev–Trinajstić information content (AvgIpc) is 3.38. The lowest BCUT2D eigenvalue weighted by molar-refractivity contribution is 0.0704. The summed E-state index contributed by atoms with van der Waals surface area (Å²) in [5.41, 5.74) is 5.18. The van der Waals surface area contributed by atoms with Gasteiger partial charge in [0.1, 0.15) is 0 Å². The maximum atomic E-state index is 13.5. The number of nitrogens with zero attached hydrogens (tertiary/aromatic N) is 4. The van der Waals surface area contributed by atoms with Crippen molar-refractivity contribution < 1.29 is 4.79 Å². The second kappa shape index (κ2) is 9.82. The van der Waals surface area contributed by atoms with E-state index in [1.165, 1.54) is 5.56 Å². The maximum Gasteiger partial charge on any atom is 0.254 e. The molecule has 4 aromatic rings. The number of benzene rings is 2. The van der Waals surface area contributed by atoms with E-state index in [0.29, 0.717) is 13.1 Å². The predicted molar refractivity (Wildman–Crippen MR) is 129 cm³/mol. The molecule has 1 atom stereocenters. The molecule has 0 N–H and O–H groups in total. The lowest BCUT2D eigenvalue weighted by atomic mass is 9.93. The van der Waals surface area contributed by atoms with Crippen molar-refractivity contribution in [1.29, 1.82) is 0 Å². The van der Waals surface area contributed by atoms with E-state index in [-0.39, 0.29) is 11.8 Å². The summed E-state index contributed by atoms with van der Waals surface area (Å²) in [6.07, 6.45) is 6.55. The molecule has 0 aliphatic carbocycles. The molecule has 1 aliphatic heterocycles. The van der Waals surface area contributed by atoms with E-state index in [2.05, 4.69) is 47.6 Å². The second-order valence-electron chi connectivity index (χ2n) is 8.67. The molecule has 0 spiro atoms. The standard InChI is InChI=1S/C28H28N4O/c33-28(26-14-5-4-11-23(26)21-32-18-8-16-29-32)31-17-7-12-24(20-31)27-15-6-13-25(30-27)19-22-9-2-1-3-10-22/h1-6,8-11,13-16,18,24H,7,12,17,19-21H2/t24-/m1/s1. The van der Waals surface area contributed by atoms with E-state index in [9.17, 15) is 4.79 Å². The number of likely N-dealkylation sites (tertiary alicyclic amines) is 1. The fourth-order valence-corrected chi connectivity index (χ4v) is 4.64. The van der Waals surface area contributed by atoms with Gasteiger partial charge in [0.25, 0.3) is 5.91 Å². The third-order valence-corrected chi connectivity index (χ3v) is 6.32. The Balaban J connectivity index is 1.32. The number of piperidine rings is 1. The van der Waals surface area contributed by atoms with Crippen molar-refractivity contribution in [1.82, 2.24) is 19.7 Å². The van der Waals surface area contributed by atoms with Crippen LogP contribution < -0.4 is 0 Å². The fraction of sp³-hybridized carbons (Fsp3) is 0.250. The summed E-state index contributed by atoms with van der Waals surface area (Å²) in [5, 5.41) is 4.30. The molecule has 5 nitrogen and oxygen atoms in total. The highest BCUT2D eigenvalue weighted by Crippen LogP contribution is 2.27. The molecule has 0 radical (unpaired) electrons. The van der Waals surface area contributed by atoms with Crippen molar-refractivity contribution in [2.75, 3.05) is 13.1 Å². The van der Waals surface area contributed by atoms with E-state index in [1.807, 2.05) is 52.2 Å². The molecule has 5 rings (SSSR count). The molecule has 2 aromatic carbocycles. The quantitative estimate of drug-likeness (QED) is 0.430. The fourth-order valence-electron chi connectivity index (χ4n) is 4.64. The zero-order valence-electron chi connectivity index (χ0n) is 18.7. The Bertz CT molecular complexity index is 1200. The summed E-state index contributed by atoms with van der Waals surface area (Å²) in [5.74, 6) is 0.361. The Morgan fingerprint density at radius 1 is 0.939 bits per heavy atom. The Labute approximate surface area is 194 Å². The predicted octanol–water partition coefficient (Wildman–Crippen LogP) is 4.94. The van der Waals surface area contributed by atoms with Gasteiger partial charge in [-0.25, -0.2) is 0 Å². The molecule has 1 fully saturated rings. The van der Waals surface area contributed by atoms with Crippen molar-refractivity contribution >= 4 is 5.91 Å². The summed E-state index contributed by atoms with van der Waals surface area (Å²) in [7, 11) is 0. The van der Waals surface area contributed by atoms with E-state index in [0.717, 1.165) is 48.3 Å². The third kappa shape index (κ3) is 5.03. The molecule has 2 aromatic heterocycles. The van der Waals surface area contributed by atoms with Gasteiger partial charge in [0.05, 0.1) is 6.54 Å². The zero-order chi connectivity index (χ0) is 22.5. The zero-order valence-corrected chi connectivity index (χ0v) is 18.7. The van der Waals surface area contributed by atoms with Crippen LogP contribution in [0.4, 0.5) is 0 Å². The van der Waals surface area contributed by atoms with Crippen molar-refractivity contribution in [3.05, 3.63) is 119 Å². The molecule has 0 saturated carbocycles. The third-order valence-electron chi connectivity index (χ3n) is 6.32. The molecule has 5 heteroatoms. The molecule has 1 amide bonds. The van der Waals surface area contributed by atoms with Gasteiger partial charge >= 0.3 is 0 Å². The first-order valence-electron chi connectivity index (χ1n) is 11.6. The molecule has 3 heterocycles. The average molecular weight is 437 g/mol. The van der Waals surface area contributed by atoms with E-state index < -0.39 is 0 Å². The van der Waals surface area contributed by atoms with Gasteiger partial charge in [-0.3, -0.25) is 14.5 Å². The van der Waals surface area contributed by atoms with Gasteiger partial charge in [-0.1, -0.05) is 54.6 Å². The number of aromatic nitrogens is 3. The summed E-state index contributed by atoms with van der Waals surface area (Å²) in [4.78, 5) is 20.5. The Hall–Kier alpha value is -3.73. The van der Waals surface area contributed by atoms with Gasteiger partial charge < -0.3 is 4.90 Å². The van der Waals surface area contributed by atoms with Crippen LogP contribution in [0.5, 0.6) is 0 Å². The highest BCUT2D eigenvalue weighted by Gasteiger charge is 2.27. The van der Waals surface area contributed by atoms with Gasteiger partial charge in [0.2, 0.25) is 0 Å². The van der Waals surface area contributed by atoms with Crippen LogP contribution in [-0.2, 0) is 13.0 Å². The first-order valence-corrected chi connectivity index (χ1v) is 11.6. The number of hydrogen-bond donors (Lipinski definition) is 0. The largest absolute Gasteiger partial charge is 0.338 e. The number of hydrogen-bond acceptors (Lipinski definition) is 3. The Morgan fingerprint density at radius 3 is 2.64 bits per heavy atom. The van der Waals surface area contributed by atoms with Gasteiger partial charge in [-0.15, -0.1) is 0 Å². The van der Waals surface area contributed by atoms with E-state index >= 15 is 0 Å². The summed E-state index contributed by atoms with van der Waals surface area (Å²) >= 11 is 0. The van der Waals surface area contributed by atoms with Crippen molar-refractivity contribution in [2.45, 2.75) is 31.7 Å². The molecular weight excluding hydrogens is 408 g/mol. The lowest BCUT2D eigenvalue weighted by Crippen LogP contribution is -2.39. The minimum Gasteiger partial charge on any atom is -0.338 e. The minimum atomic E-state index is 0.0999. The molecule has 1 saturated heterocycles. The first-order chi connectivity index (χ1) is 16.3. The monoisotopic (exact) mass is 436 g/mol. The lowest BCUT2D eigenvalue weighted by Gasteiger charge is -2.33. The van der Waals surface area contributed by atoms with Crippen molar-refractivity contribution in [3.63, 3.8) is 0 Å². The molecule has 0 bridgehead atoms. The topological polar surface area (TPSA) is 51.0 Å². The summed E-state index contributed by atoms with van der Waals surface area (Å²) in [6, 6.07) is 26.5. The minimum absolute atomic E-state index is 0.0999. The van der Waals surface area contributed by atoms with Crippen LogP contribution in [0.3, 0.4) is 0 Å². The smallest absolute Gasteiger partial charge is 0.254 e. The number of amides is 1. The van der Waals surface area contributed by atoms with Crippen LogP contribution in [0.15, 0.2) is 91.3 Å². The molecule has 0 unspecified atom stereocenters.